The van der Waals surface area contributed by atoms with Crippen molar-refractivity contribution >= 4 is 28.6 Å². The summed E-state index contributed by atoms with van der Waals surface area (Å²) >= 11 is 5.76. The van der Waals surface area contributed by atoms with Crippen LogP contribution in [-0.4, -0.2) is 9.55 Å². The number of nitriles is 1. The van der Waals surface area contributed by atoms with Crippen LogP contribution in [0.25, 0.3) is 16.7 Å². The first-order chi connectivity index (χ1) is 10.1. The van der Waals surface area contributed by atoms with Gasteiger partial charge in [0.25, 0.3) is 0 Å². The van der Waals surface area contributed by atoms with E-state index >= 15 is 0 Å². The van der Waals surface area contributed by atoms with E-state index in [4.69, 9.17) is 22.6 Å². The molecule has 2 aromatic carbocycles. The van der Waals surface area contributed by atoms with E-state index < -0.39 is 5.82 Å². The molecule has 1 heterocycles. The lowest BCUT2D eigenvalue weighted by molar-refractivity contribution is 0.629. The average molecular weight is 301 g/mol. The summed E-state index contributed by atoms with van der Waals surface area (Å²) in [7, 11) is 0. The number of fused-ring (bicyclic) bond motifs is 1. The van der Waals surface area contributed by atoms with Crippen LogP contribution in [0.1, 0.15) is 5.56 Å². The molecule has 0 radical (unpaired) electrons. The van der Waals surface area contributed by atoms with Crippen LogP contribution >= 0.6 is 11.6 Å². The summed E-state index contributed by atoms with van der Waals surface area (Å²) in [6, 6.07) is 12.1. The number of nitrogens with zero attached hydrogens (tertiary/aromatic N) is 3. The number of hydrogen-bond acceptors (Lipinski definition) is 3. The average Bonchev–Trinajstić information content (AvgIpc) is 2.76. The Morgan fingerprint density at radius 3 is 2.67 bits per heavy atom. The molecule has 0 atom stereocenters. The number of benzene rings is 2. The van der Waals surface area contributed by atoms with E-state index in [0.29, 0.717) is 17.5 Å². The molecule has 0 unspecified atom stereocenters. The van der Waals surface area contributed by atoms with Crippen molar-refractivity contribution in [3.05, 3.63) is 52.8 Å². The standard InChI is InChI=1S/C15H10ClFN4/c16-11-7-13-14(8-12(11)17)21(15(19)20-13)10-3-1-9(2-4-10)5-6-18/h1-4,7-8H,5H2,(H2,19,20). The van der Waals surface area contributed by atoms with Gasteiger partial charge in [0.15, 0.2) is 0 Å². The maximum Gasteiger partial charge on any atom is 0.205 e. The third-order valence-electron chi connectivity index (χ3n) is 3.20. The molecule has 0 saturated heterocycles. The minimum atomic E-state index is -0.522. The third kappa shape index (κ3) is 2.30. The van der Waals surface area contributed by atoms with Crippen molar-refractivity contribution in [1.29, 1.82) is 5.26 Å². The van der Waals surface area contributed by atoms with Crippen LogP contribution in [0.4, 0.5) is 10.3 Å². The molecule has 6 heteroatoms. The molecular weight excluding hydrogens is 291 g/mol. The topological polar surface area (TPSA) is 67.6 Å². The van der Waals surface area contributed by atoms with E-state index in [1.54, 1.807) is 4.57 Å². The highest BCUT2D eigenvalue weighted by molar-refractivity contribution is 6.31. The van der Waals surface area contributed by atoms with Crippen molar-refractivity contribution in [3.63, 3.8) is 0 Å². The second-order valence-corrected chi connectivity index (χ2v) is 4.97. The Labute approximate surface area is 125 Å². The van der Waals surface area contributed by atoms with E-state index in [9.17, 15) is 4.39 Å². The smallest absolute Gasteiger partial charge is 0.205 e. The Morgan fingerprint density at radius 1 is 1.29 bits per heavy atom. The third-order valence-corrected chi connectivity index (χ3v) is 3.49. The van der Waals surface area contributed by atoms with Gasteiger partial charge < -0.3 is 5.73 Å². The lowest BCUT2D eigenvalue weighted by atomic mass is 10.1. The predicted octanol–water partition coefficient (Wildman–Crippen LogP) is 3.47. The van der Waals surface area contributed by atoms with Crippen molar-refractivity contribution in [2.45, 2.75) is 6.42 Å². The second kappa shape index (κ2) is 5.08. The maximum atomic E-state index is 13.7. The Balaban J connectivity index is 2.17. The van der Waals surface area contributed by atoms with Gasteiger partial charge in [0, 0.05) is 11.8 Å². The number of halogens is 2. The van der Waals surface area contributed by atoms with Crippen molar-refractivity contribution in [2.75, 3.05) is 5.73 Å². The molecule has 0 aliphatic heterocycles. The van der Waals surface area contributed by atoms with Crippen LogP contribution in [0.15, 0.2) is 36.4 Å². The zero-order valence-electron chi connectivity index (χ0n) is 10.8. The number of nitrogens with two attached hydrogens (primary N) is 1. The van der Waals surface area contributed by atoms with Gasteiger partial charge in [-0.3, -0.25) is 4.57 Å². The van der Waals surface area contributed by atoms with Gasteiger partial charge >= 0.3 is 0 Å². The number of nitrogen functional groups attached to an aromatic ring is 1. The van der Waals surface area contributed by atoms with Gasteiger partial charge in [-0.1, -0.05) is 23.7 Å². The molecule has 2 N–H and O–H groups in total. The Bertz CT molecular complexity index is 862. The highest BCUT2D eigenvalue weighted by Gasteiger charge is 2.13. The minimum Gasteiger partial charge on any atom is -0.369 e. The van der Waals surface area contributed by atoms with E-state index in [1.165, 1.54) is 12.1 Å². The number of rotatable bonds is 2. The van der Waals surface area contributed by atoms with Gasteiger partial charge in [-0.05, 0) is 23.8 Å². The molecule has 0 amide bonds. The largest absolute Gasteiger partial charge is 0.369 e. The predicted molar refractivity (Wildman–Crippen MR) is 79.8 cm³/mol. The zero-order chi connectivity index (χ0) is 15.0. The minimum absolute atomic E-state index is 0.0107. The number of anilines is 1. The summed E-state index contributed by atoms with van der Waals surface area (Å²) < 4.78 is 15.3. The summed E-state index contributed by atoms with van der Waals surface area (Å²) in [5.41, 5.74) is 8.64. The van der Waals surface area contributed by atoms with Crippen molar-refractivity contribution in [3.8, 4) is 11.8 Å². The zero-order valence-corrected chi connectivity index (χ0v) is 11.6. The van der Waals surface area contributed by atoms with Crippen molar-refractivity contribution in [2.24, 2.45) is 0 Å². The number of imidazole rings is 1. The van der Waals surface area contributed by atoms with Crippen LogP contribution in [-0.2, 0) is 6.42 Å². The Morgan fingerprint density at radius 2 is 2.00 bits per heavy atom. The van der Waals surface area contributed by atoms with Gasteiger partial charge in [-0.25, -0.2) is 9.37 Å². The fourth-order valence-corrected chi connectivity index (χ4v) is 2.37. The Kier molecular flexibility index (Phi) is 3.24. The lowest BCUT2D eigenvalue weighted by Crippen LogP contribution is -2.00. The molecule has 3 rings (SSSR count). The van der Waals surface area contributed by atoms with Crippen LogP contribution < -0.4 is 5.73 Å². The lowest BCUT2D eigenvalue weighted by Gasteiger charge is -2.07. The summed E-state index contributed by atoms with van der Waals surface area (Å²) in [4.78, 5) is 4.19. The molecular formula is C15H10ClFN4. The molecule has 21 heavy (non-hydrogen) atoms. The monoisotopic (exact) mass is 300 g/mol. The first kappa shape index (κ1) is 13.4. The molecule has 0 saturated carbocycles. The summed E-state index contributed by atoms with van der Waals surface area (Å²) in [5, 5.41) is 8.69. The van der Waals surface area contributed by atoms with Gasteiger partial charge in [0.2, 0.25) is 5.95 Å². The number of aromatic nitrogens is 2. The number of hydrogen-bond donors (Lipinski definition) is 1. The van der Waals surface area contributed by atoms with Crippen LogP contribution in [0, 0.1) is 17.1 Å². The molecule has 4 nitrogen and oxygen atoms in total. The first-order valence-corrected chi connectivity index (χ1v) is 6.57. The maximum absolute atomic E-state index is 13.7. The summed E-state index contributed by atoms with van der Waals surface area (Å²) in [6.45, 7) is 0. The second-order valence-electron chi connectivity index (χ2n) is 4.56. The highest BCUT2D eigenvalue weighted by Crippen LogP contribution is 2.27. The molecule has 0 spiro atoms. The van der Waals surface area contributed by atoms with Gasteiger partial charge in [0.05, 0.1) is 28.5 Å². The van der Waals surface area contributed by atoms with Gasteiger partial charge in [0.1, 0.15) is 5.82 Å². The van der Waals surface area contributed by atoms with E-state index in [2.05, 4.69) is 11.1 Å². The van der Waals surface area contributed by atoms with Crippen molar-refractivity contribution in [1.82, 2.24) is 9.55 Å². The normalized spacial score (nSPS) is 10.7. The fourth-order valence-electron chi connectivity index (χ4n) is 2.22. The quantitative estimate of drug-likeness (QED) is 0.788. The van der Waals surface area contributed by atoms with Crippen LogP contribution in [0.3, 0.4) is 0 Å². The van der Waals surface area contributed by atoms with Crippen LogP contribution in [0.5, 0.6) is 0 Å². The molecule has 0 fully saturated rings. The summed E-state index contributed by atoms with van der Waals surface area (Å²) in [6.07, 6.45) is 0.338. The van der Waals surface area contributed by atoms with E-state index in [-0.39, 0.29) is 11.0 Å². The SMILES string of the molecule is N#CCc1ccc(-n2c(N)nc3cc(Cl)c(F)cc32)cc1. The summed E-state index contributed by atoms with van der Waals surface area (Å²) in [5.74, 6) is -0.272. The van der Waals surface area contributed by atoms with Gasteiger partial charge in [-0.2, -0.15) is 5.26 Å². The first-order valence-electron chi connectivity index (χ1n) is 6.19. The molecule has 3 aromatic rings. The molecule has 0 bridgehead atoms. The molecule has 0 aliphatic carbocycles. The molecule has 0 aliphatic rings. The van der Waals surface area contributed by atoms with Gasteiger partial charge in [-0.15, -0.1) is 0 Å². The highest BCUT2D eigenvalue weighted by atomic mass is 35.5. The van der Waals surface area contributed by atoms with E-state index in [1.807, 2.05) is 24.3 Å². The molecule has 1 aromatic heterocycles. The van der Waals surface area contributed by atoms with Crippen molar-refractivity contribution < 1.29 is 4.39 Å². The fraction of sp³-hybridized carbons (Fsp3) is 0.0667. The molecule has 104 valence electrons. The van der Waals surface area contributed by atoms with Crippen LogP contribution in [0.2, 0.25) is 5.02 Å². The van der Waals surface area contributed by atoms with E-state index in [0.717, 1.165) is 11.3 Å². The Hall–Kier alpha value is -2.58.